The molecule has 3 aromatic rings. The lowest BCUT2D eigenvalue weighted by Crippen LogP contribution is -2.34. The molecule has 0 radical (unpaired) electrons. The molecule has 0 bridgehead atoms. The van der Waals surface area contributed by atoms with Gasteiger partial charge in [0.05, 0.1) is 24.1 Å². The Morgan fingerprint density at radius 1 is 0.906 bits per heavy atom. The van der Waals surface area contributed by atoms with Gasteiger partial charge in [-0.1, -0.05) is 18.2 Å². The van der Waals surface area contributed by atoms with Crippen molar-refractivity contribution in [3.63, 3.8) is 0 Å². The van der Waals surface area contributed by atoms with E-state index in [1.54, 1.807) is 7.11 Å². The van der Waals surface area contributed by atoms with Crippen LogP contribution in [0.4, 0.5) is 5.95 Å². The lowest BCUT2D eigenvalue weighted by atomic mass is 10.1. The Bertz CT molecular complexity index is 1050. The van der Waals surface area contributed by atoms with E-state index in [-0.39, 0.29) is 0 Å². The molecular formula is C25H29N5O2. The molecule has 0 unspecified atom stereocenters. The summed E-state index contributed by atoms with van der Waals surface area (Å²) in [6, 6.07) is 13.8. The van der Waals surface area contributed by atoms with Gasteiger partial charge in [0, 0.05) is 45.3 Å². The van der Waals surface area contributed by atoms with Crippen molar-refractivity contribution in [1.29, 1.82) is 0 Å². The van der Waals surface area contributed by atoms with E-state index in [0.29, 0.717) is 17.4 Å². The Morgan fingerprint density at radius 2 is 1.72 bits per heavy atom. The molecule has 0 spiro atoms. The smallest absolute Gasteiger partial charge is 0.229 e. The first-order valence-electron chi connectivity index (χ1n) is 11.4. The molecule has 0 saturated carbocycles. The predicted molar refractivity (Wildman–Crippen MR) is 123 cm³/mol. The van der Waals surface area contributed by atoms with Crippen molar-refractivity contribution in [1.82, 2.24) is 19.9 Å². The van der Waals surface area contributed by atoms with Crippen molar-refractivity contribution in [3.05, 3.63) is 65.6 Å². The van der Waals surface area contributed by atoms with Crippen molar-refractivity contribution in [3.8, 4) is 17.4 Å². The van der Waals surface area contributed by atoms with Crippen LogP contribution in [-0.4, -0.2) is 46.6 Å². The predicted octanol–water partition coefficient (Wildman–Crippen LogP) is 4.22. The van der Waals surface area contributed by atoms with Crippen molar-refractivity contribution in [2.75, 3.05) is 31.6 Å². The maximum Gasteiger partial charge on any atom is 0.229 e. The second kappa shape index (κ2) is 9.53. The van der Waals surface area contributed by atoms with Crippen LogP contribution >= 0.6 is 0 Å². The number of rotatable bonds is 6. The summed E-state index contributed by atoms with van der Waals surface area (Å²) >= 11 is 0. The second-order valence-corrected chi connectivity index (χ2v) is 8.34. The summed E-state index contributed by atoms with van der Waals surface area (Å²) in [7, 11) is 1.66. The number of pyridine rings is 1. The fourth-order valence-electron chi connectivity index (χ4n) is 4.41. The maximum atomic E-state index is 6.38. The third-order valence-electron chi connectivity index (χ3n) is 6.12. The van der Waals surface area contributed by atoms with Gasteiger partial charge in [-0.3, -0.25) is 9.88 Å². The zero-order valence-corrected chi connectivity index (χ0v) is 18.5. The molecule has 1 saturated heterocycles. The van der Waals surface area contributed by atoms with E-state index in [9.17, 15) is 0 Å². The quantitative estimate of drug-likeness (QED) is 0.579. The van der Waals surface area contributed by atoms with Crippen LogP contribution in [0.3, 0.4) is 0 Å². The fourth-order valence-corrected chi connectivity index (χ4v) is 4.41. The normalized spacial score (nSPS) is 16.5. The Morgan fingerprint density at radius 3 is 2.50 bits per heavy atom. The minimum atomic E-state index is 0.630. The van der Waals surface area contributed by atoms with E-state index in [2.05, 4.69) is 20.9 Å². The summed E-state index contributed by atoms with van der Waals surface area (Å²) in [5.41, 5.74) is 3.20. The summed E-state index contributed by atoms with van der Waals surface area (Å²) < 4.78 is 11.9. The molecule has 0 atom stereocenters. The van der Waals surface area contributed by atoms with Crippen LogP contribution in [0.2, 0.25) is 0 Å². The highest BCUT2D eigenvalue weighted by atomic mass is 16.5. The third-order valence-corrected chi connectivity index (χ3v) is 6.12. The van der Waals surface area contributed by atoms with E-state index in [0.717, 1.165) is 62.0 Å². The minimum Gasteiger partial charge on any atom is -0.493 e. The number of nitrogens with zero attached hydrogens (tertiary/aromatic N) is 5. The summed E-state index contributed by atoms with van der Waals surface area (Å²) in [5.74, 6) is 2.78. The highest BCUT2D eigenvalue weighted by Gasteiger charge is 2.26. The first kappa shape index (κ1) is 20.7. The topological polar surface area (TPSA) is 63.6 Å². The number of piperidine rings is 1. The molecule has 1 aromatic carbocycles. The monoisotopic (exact) mass is 431 g/mol. The van der Waals surface area contributed by atoms with E-state index >= 15 is 0 Å². The van der Waals surface area contributed by atoms with Crippen LogP contribution in [-0.2, 0) is 19.5 Å². The van der Waals surface area contributed by atoms with Gasteiger partial charge in [0.2, 0.25) is 11.8 Å². The highest BCUT2D eigenvalue weighted by molar-refractivity contribution is 5.47. The molecule has 0 N–H and O–H groups in total. The van der Waals surface area contributed by atoms with Gasteiger partial charge < -0.3 is 14.4 Å². The summed E-state index contributed by atoms with van der Waals surface area (Å²) in [6.07, 6.45) is 6.35. The van der Waals surface area contributed by atoms with Crippen LogP contribution in [0.15, 0.2) is 48.7 Å². The van der Waals surface area contributed by atoms with Gasteiger partial charge in [0.15, 0.2) is 11.5 Å². The van der Waals surface area contributed by atoms with E-state index in [1.807, 2.05) is 42.6 Å². The van der Waals surface area contributed by atoms with Gasteiger partial charge >= 0.3 is 0 Å². The van der Waals surface area contributed by atoms with Crippen LogP contribution in [0.5, 0.6) is 17.4 Å². The summed E-state index contributed by atoms with van der Waals surface area (Å²) in [4.78, 5) is 19.1. The van der Waals surface area contributed by atoms with Crippen molar-refractivity contribution < 1.29 is 9.47 Å². The first-order chi connectivity index (χ1) is 15.8. The van der Waals surface area contributed by atoms with Gasteiger partial charge in [-0.05, 0) is 43.5 Å². The van der Waals surface area contributed by atoms with E-state index in [4.69, 9.17) is 19.4 Å². The number of hydrogen-bond acceptors (Lipinski definition) is 7. The van der Waals surface area contributed by atoms with Gasteiger partial charge in [0.25, 0.3) is 0 Å². The molecule has 0 aliphatic carbocycles. The number of hydrogen-bond donors (Lipinski definition) is 0. The minimum absolute atomic E-state index is 0.630. The number of anilines is 1. The van der Waals surface area contributed by atoms with Crippen LogP contribution < -0.4 is 14.4 Å². The Balaban J connectivity index is 1.47. The Kier molecular flexibility index (Phi) is 6.16. The molecule has 7 nitrogen and oxygen atoms in total. The molecule has 7 heteroatoms. The summed E-state index contributed by atoms with van der Waals surface area (Å²) in [5, 5.41) is 0. The number of methoxy groups -OCH3 is 1. The van der Waals surface area contributed by atoms with Crippen LogP contribution in [0, 0.1) is 0 Å². The lowest BCUT2D eigenvalue weighted by Gasteiger charge is -2.31. The lowest BCUT2D eigenvalue weighted by molar-refractivity contribution is 0.235. The Labute approximate surface area is 189 Å². The molecule has 0 amide bonds. The largest absolute Gasteiger partial charge is 0.493 e. The van der Waals surface area contributed by atoms with Gasteiger partial charge in [0.1, 0.15) is 0 Å². The standard InChI is InChI=1S/C25H29N5O2/c1-31-22-10-3-4-11-23(22)32-24-20-18-29(17-19-9-5-6-13-26-19)16-12-21(20)27-25(28-24)30-14-7-2-8-15-30/h3-6,9-11,13H,2,7-8,12,14-18H2,1H3. The molecule has 2 aromatic heterocycles. The zero-order chi connectivity index (χ0) is 21.8. The van der Waals surface area contributed by atoms with Crippen LogP contribution in [0.1, 0.15) is 36.2 Å². The van der Waals surface area contributed by atoms with Gasteiger partial charge in [-0.2, -0.15) is 4.98 Å². The average molecular weight is 432 g/mol. The number of aromatic nitrogens is 3. The number of para-hydroxylation sites is 2. The molecule has 2 aliphatic heterocycles. The maximum absolute atomic E-state index is 6.38. The number of fused-ring (bicyclic) bond motifs is 1. The molecule has 4 heterocycles. The number of benzene rings is 1. The zero-order valence-electron chi connectivity index (χ0n) is 18.5. The highest BCUT2D eigenvalue weighted by Crippen LogP contribution is 2.36. The number of ether oxygens (including phenoxy) is 2. The summed E-state index contributed by atoms with van der Waals surface area (Å²) in [6.45, 7) is 4.46. The molecule has 2 aliphatic rings. The van der Waals surface area contributed by atoms with E-state index in [1.165, 1.54) is 19.3 Å². The molecule has 32 heavy (non-hydrogen) atoms. The molecular weight excluding hydrogens is 402 g/mol. The third kappa shape index (κ3) is 4.53. The Hall–Kier alpha value is -3.19. The van der Waals surface area contributed by atoms with Gasteiger partial charge in [-0.15, -0.1) is 0 Å². The molecule has 5 rings (SSSR count). The van der Waals surface area contributed by atoms with Crippen molar-refractivity contribution in [2.45, 2.75) is 38.8 Å². The van der Waals surface area contributed by atoms with E-state index < -0.39 is 0 Å². The van der Waals surface area contributed by atoms with Crippen molar-refractivity contribution >= 4 is 5.95 Å². The van der Waals surface area contributed by atoms with Gasteiger partial charge in [-0.25, -0.2) is 4.98 Å². The first-order valence-corrected chi connectivity index (χ1v) is 11.4. The second-order valence-electron chi connectivity index (χ2n) is 8.34. The van der Waals surface area contributed by atoms with Crippen molar-refractivity contribution in [2.24, 2.45) is 0 Å². The van der Waals surface area contributed by atoms with Crippen LogP contribution in [0.25, 0.3) is 0 Å². The average Bonchev–Trinajstić information content (AvgIpc) is 2.85. The fraction of sp³-hybridized carbons (Fsp3) is 0.400. The SMILES string of the molecule is COc1ccccc1Oc1nc(N2CCCCC2)nc2c1CN(Cc1ccccn1)CC2. The molecule has 166 valence electrons. The molecule has 1 fully saturated rings.